The van der Waals surface area contributed by atoms with Crippen LogP contribution in [0.1, 0.15) is 15.4 Å². The lowest BCUT2D eigenvalue weighted by molar-refractivity contribution is -0.141. The van der Waals surface area contributed by atoms with Gasteiger partial charge in [-0.3, -0.25) is 4.79 Å². The van der Waals surface area contributed by atoms with Gasteiger partial charge in [-0.05, 0) is 12.1 Å². The van der Waals surface area contributed by atoms with Crippen molar-refractivity contribution in [2.45, 2.75) is 6.18 Å². The number of nitrogens with one attached hydrogen (secondary N) is 1. The van der Waals surface area contributed by atoms with Gasteiger partial charge in [0.2, 0.25) is 0 Å². The van der Waals surface area contributed by atoms with E-state index in [1.54, 1.807) is 0 Å². The standard InChI is InChI=1S/C10H5ClF3N3OS/c11-6-3-5(1-2-15-6)17-9(18)7-8(10(12,13)14)16-4-19-7/h1-4H,(H,15,17,18). The number of nitrogens with zero attached hydrogens (tertiary/aromatic N) is 2. The maximum atomic E-state index is 12.6. The van der Waals surface area contributed by atoms with Crippen molar-refractivity contribution in [3.63, 3.8) is 0 Å². The van der Waals surface area contributed by atoms with Crippen LogP contribution in [-0.2, 0) is 6.18 Å². The van der Waals surface area contributed by atoms with Crippen LogP contribution in [0.25, 0.3) is 0 Å². The fraction of sp³-hybridized carbons (Fsp3) is 0.100. The number of carbonyl (C=O) groups is 1. The molecule has 0 bridgehead atoms. The number of carbonyl (C=O) groups excluding carboxylic acids is 1. The van der Waals surface area contributed by atoms with Crippen molar-refractivity contribution in [3.05, 3.63) is 39.6 Å². The van der Waals surface area contributed by atoms with Gasteiger partial charge in [0.05, 0.1) is 5.51 Å². The summed E-state index contributed by atoms with van der Waals surface area (Å²) in [6, 6.07) is 2.74. The first-order valence-electron chi connectivity index (χ1n) is 4.81. The number of alkyl halides is 3. The van der Waals surface area contributed by atoms with E-state index in [1.165, 1.54) is 18.3 Å². The lowest BCUT2D eigenvalue weighted by atomic mass is 10.3. The number of pyridine rings is 1. The summed E-state index contributed by atoms with van der Waals surface area (Å²) >= 11 is 6.22. The third-order valence-corrected chi connectivity index (χ3v) is 3.06. The highest BCUT2D eigenvalue weighted by Gasteiger charge is 2.38. The van der Waals surface area contributed by atoms with E-state index in [0.717, 1.165) is 5.51 Å². The van der Waals surface area contributed by atoms with Gasteiger partial charge < -0.3 is 5.32 Å². The van der Waals surface area contributed by atoms with E-state index in [1.807, 2.05) is 0 Å². The number of hydrogen-bond donors (Lipinski definition) is 1. The van der Waals surface area contributed by atoms with E-state index in [4.69, 9.17) is 11.6 Å². The third kappa shape index (κ3) is 3.21. The average Bonchev–Trinajstić information content (AvgIpc) is 2.77. The third-order valence-electron chi connectivity index (χ3n) is 2.03. The molecule has 4 nitrogen and oxygen atoms in total. The van der Waals surface area contributed by atoms with Crippen molar-refractivity contribution >= 4 is 34.5 Å². The Morgan fingerprint density at radius 3 is 2.74 bits per heavy atom. The van der Waals surface area contributed by atoms with Crippen LogP contribution in [0.3, 0.4) is 0 Å². The summed E-state index contributed by atoms with van der Waals surface area (Å²) in [5.41, 5.74) is 0.0266. The zero-order chi connectivity index (χ0) is 14.0. The van der Waals surface area contributed by atoms with Gasteiger partial charge in [-0.15, -0.1) is 11.3 Å². The fourth-order valence-electron chi connectivity index (χ4n) is 1.28. The first-order valence-corrected chi connectivity index (χ1v) is 6.07. The Hall–Kier alpha value is -1.67. The second kappa shape index (κ2) is 5.14. The van der Waals surface area contributed by atoms with E-state index in [9.17, 15) is 18.0 Å². The Balaban J connectivity index is 2.24. The summed E-state index contributed by atoms with van der Waals surface area (Å²) in [6.45, 7) is 0. The topological polar surface area (TPSA) is 54.9 Å². The molecule has 0 aliphatic rings. The van der Waals surface area contributed by atoms with Crippen LogP contribution in [0.15, 0.2) is 23.8 Å². The van der Waals surface area contributed by atoms with Crippen LogP contribution >= 0.6 is 22.9 Å². The van der Waals surface area contributed by atoms with E-state index < -0.39 is 22.7 Å². The molecule has 0 aromatic carbocycles. The second-order valence-corrected chi connectivity index (χ2v) is 4.59. The summed E-state index contributed by atoms with van der Waals surface area (Å²) in [6.07, 6.45) is -3.34. The lowest BCUT2D eigenvalue weighted by Gasteiger charge is -2.07. The number of hydrogen-bond acceptors (Lipinski definition) is 4. The van der Waals surface area contributed by atoms with Crippen LogP contribution in [0.2, 0.25) is 5.15 Å². The lowest BCUT2D eigenvalue weighted by Crippen LogP contribution is -2.17. The van der Waals surface area contributed by atoms with Gasteiger partial charge in [0.25, 0.3) is 5.91 Å². The summed E-state index contributed by atoms with van der Waals surface area (Å²) in [4.78, 5) is 18.1. The first kappa shape index (κ1) is 13.8. The molecule has 0 saturated heterocycles. The minimum atomic E-state index is -4.66. The molecule has 1 amide bonds. The number of thiazole rings is 1. The molecule has 0 radical (unpaired) electrons. The molecule has 0 atom stereocenters. The molecule has 100 valence electrons. The average molecular weight is 308 g/mol. The highest BCUT2D eigenvalue weighted by molar-refractivity contribution is 7.12. The minimum Gasteiger partial charge on any atom is -0.321 e. The van der Waals surface area contributed by atoms with Crippen molar-refractivity contribution in [1.29, 1.82) is 0 Å². The van der Waals surface area contributed by atoms with Gasteiger partial charge in [-0.25, -0.2) is 9.97 Å². The van der Waals surface area contributed by atoms with Gasteiger partial charge in [-0.1, -0.05) is 11.6 Å². The largest absolute Gasteiger partial charge is 0.434 e. The smallest absolute Gasteiger partial charge is 0.321 e. The Bertz CT molecular complexity index is 614. The summed E-state index contributed by atoms with van der Waals surface area (Å²) in [5, 5.41) is 2.43. The normalized spacial score (nSPS) is 11.4. The molecule has 2 aromatic heterocycles. The molecular weight excluding hydrogens is 303 g/mol. The number of anilines is 1. The molecule has 19 heavy (non-hydrogen) atoms. The monoisotopic (exact) mass is 307 g/mol. The molecule has 2 rings (SSSR count). The van der Waals surface area contributed by atoms with Crippen LogP contribution in [0.4, 0.5) is 18.9 Å². The maximum absolute atomic E-state index is 12.6. The second-order valence-electron chi connectivity index (χ2n) is 3.35. The fourth-order valence-corrected chi connectivity index (χ4v) is 2.15. The van der Waals surface area contributed by atoms with Gasteiger partial charge in [-0.2, -0.15) is 13.2 Å². The van der Waals surface area contributed by atoms with Gasteiger partial charge in [0.15, 0.2) is 5.69 Å². The summed E-state index contributed by atoms with van der Waals surface area (Å²) in [5.74, 6) is -0.892. The highest BCUT2D eigenvalue weighted by atomic mass is 35.5. The van der Waals surface area contributed by atoms with E-state index >= 15 is 0 Å². The number of rotatable bonds is 2. The van der Waals surface area contributed by atoms with E-state index in [-0.39, 0.29) is 10.8 Å². The van der Waals surface area contributed by atoms with E-state index in [2.05, 4.69) is 15.3 Å². The zero-order valence-corrected chi connectivity index (χ0v) is 10.6. The summed E-state index contributed by atoms with van der Waals surface area (Å²) in [7, 11) is 0. The molecule has 0 aliphatic heterocycles. The van der Waals surface area contributed by atoms with Crippen LogP contribution < -0.4 is 5.32 Å². The van der Waals surface area contributed by atoms with Crippen molar-refractivity contribution in [1.82, 2.24) is 9.97 Å². The summed E-state index contributed by atoms with van der Waals surface area (Å²) < 4.78 is 37.7. The molecule has 0 aliphatic carbocycles. The first-order chi connectivity index (χ1) is 8.88. The van der Waals surface area contributed by atoms with Gasteiger partial charge in [0.1, 0.15) is 10.0 Å². The van der Waals surface area contributed by atoms with Crippen molar-refractivity contribution in [2.24, 2.45) is 0 Å². The maximum Gasteiger partial charge on any atom is 0.434 e. The van der Waals surface area contributed by atoms with Crippen LogP contribution in [0.5, 0.6) is 0 Å². The molecule has 0 spiro atoms. The predicted molar refractivity (Wildman–Crippen MR) is 64.3 cm³/mol. The molecular formula is C10H5ClF3N3OS. The quantitative estimate of drug-likeness (QED) is 0.864. The Morgan fingerprint density at radius 2 is 2.11 bits per heavy atom. The molecule has 9 heteroatoms. The Morgan fingerprint density at radius 1 is 1.37 bits per heavy atom. The van der Waals surface area contributed by atoms with Crippen molar-refractivity contribution in [3.8, 4) is 0 Å². The molecule has 2 heterocycles. The molecule has 2 aromatic rings. The molecule has 0 saturated carbocycles. The molecule has 0 fully saturated rings. The Labute approximate surface area is 114 Å². The molecule has 0 unspecified atom stereocenters. The zero-order valence-electron chi connectivity index (χ0n) is 9.03. The van der Waals surface area contributed by atoms with Gasteiger partial charge >= 0.3 is 6.18 Å². The minimum absolute atomic E-state index is 0.123. The van der Waals surface area contributed by atoms with Crippen molar-refractivity contribution < 1.29 is 18.0 Å². The van der Waals surface area contributed by atoms with Crippen molar-refractivity contribution in [2.75, 3.05) is 5.32 Å². The molecule has 1 N–H and O–H groups in total. The van der Waals surface area contributed by atoms with Gasteiger partial charge in [0, 0.05) is 11.9 Å². The highest BCUT2D eigenvalue weighted by Crippen LogP contribution is 2.33. The van der Waals surface area contributed by atoms with Crippen LogP contribution in [0, 0.1) is 0 Å². The number of aromatic nitrogens is 2. The Kier molecular flexibility index (Phi) is 3.72. The number of amides is 1. The van der Waals surface area contributed by atoms with Crippen LogP contribution in [-0.4, -0.2) is 15.9 Å². The number of halogens is 4. The predicted octanol–water partition coefficient (Wildman–Crippen LogP) is 3.46. The van der Waals surface area contributed by atoms with E-state index in [0.29, 0.717) is 11.3 Å². The SMILES string of the molecule is O=C(Nc1ccnc(Cl)c1)c1scnc1C(F)(F)F.